The van der Waals surface area contributed by atoms with Gasteiger partial charge >= 0.3 is 0 Å². The van der Waals surface area contributed by atoms with Crippen molar-refractivity contribution in [3.05, 3.63) is 70.2 Å². The van der Waals surface area contributed by atoms with E-state index in [1.165, 1.54) is 30.5 Å². The number of nitrogens with one attached hydrogen (secondary N) is 2. The van der Waals surface area contributed by atoms with E-state index in [0.717, 1.165) is 17.4 Å². The van der Waals surface area contributed by atoms with Crippen molar-refractivity contribution in [1.29, 1.82) is 0 Å². The zero-order valence-corrected chi connectivity index (χ0v) is 13.6. The van der Waals surface area contributed by atoms with Gasteiger partial charge in [0.25, 0.3) is 11.8 Å². The van der Waals surface area contributed by atoms with Crippen LogP contribution in [0.5, 0.6) is 0 Å². The largest absolute Gasteiger partial charge is 0.459 e. The minimum Gasteiger partial charge on any atom is -0.459 e. The van der Waals surface area contributed by atoms with Crippen LogP contribution in [-0.2, 0) is 0 Å². The summed E-state index contributed by atoms with van der Waals surface area (Å²) in [5, 5.41) is 5.78. The smallest absolute Gasteiger partial charge is 0.291 e. The summed E-state index contributed by atoms with van der Waals surface area (Å²) in [6.45, 7) is 0. The Kier molecular flexibility index (Phi) is 4.64. The Morgan fingerprint density at radius 2 is 1.92 bits per heavy atom. The van der Waals surface area contributed by atoms with Gasteiger partial charge in [-0.05, 0) is 42.5 Å². The minimum atomic E-state index is -0.626. The maximum Gasteiger partial charge on any atom is 0.291 e. The molecule has 2 aromatic heterocycles. The number of carbonyl (C=O) groups excluding carboxylic acids is 2. The van der Waals surface area contributed by atoms with Crippen LogP contribution < -0.4 is 10.6 Å². The Balaban J connectivity index is 1.68. The standard InChI is InChI=1S/C16H10ClFN2O3S/c17-9-3-4-11(10(18)8-9)19-16(22)13-5-6-14(24-13)20-15(21)12-2-1-7-23-12/h1-8H,(H,19,22)(H,20,21). The molecule has 5 nitrogen and oxygen atoms in total. The zero-order chi connectivity index (χ0) is 17.1. The summed E-state index contributed by atoms with van der Waals surface area (Å²) in [5.74, 6) is -1.37. The van der Waals surface area contributed by atoms with Crippen LogP contribution in [0.15, 0.2) is 53.1 Å². The van der Waals surface area contributed by atoms with E-state index in [2.05, 4.69) is 10.6 Å². The van der Waals surface area contributed by atoms with Gasteiger partial charge in [0.15, 0.2) is 5.76 Å². The number of carbonyl (C=O) groups is 2. The first-order chi connectivity index (χ1) is 11.5. The molecule has 0 unspecified atom stereocenters. The fraction of sp³-hybridized carbons (Fsp3) is 0. The number of anilines is 2. The Hall–Kier alpha value is -2.64. The molecule has 2 amide bonds. The van der Waals surface area contributed by atoms with E-state index >= 15 is 0 Å². The number of thiophene rings is 1. The van der Waals surface area contributed by atoms with Gasteiger partial charge in [-0.15, -0.1) is 11.3 Å². The lowest BCUT2D eigenvalue weighted by atomic mass is 10.3. The summed E-state index contributed by atoms with van der Waals surface area (Å²) in [6, 6.07) is 10.2. The number of amides is 2. The predicted octanol–water partition coefficient (Wildman–Crippen LogP) is 4.64. The molecule has 3 aromatic rings. The molecule has 0 fully saturated rings. The molecular weight excluding hydrogens is 355 g/mol. The second-order valence-corrected chi connectivity index (χ2v) is 6.19. The predicted molar refractivity (Wildman–Crippen MR) is 90.3 cm³/mol. The van der Waals surface area contributed by atoms with E-state index in [1.54, 1.807) is 12.1 Å². The first-order valence-corrected chi connectivity index (χ1v) is 7.93. The van der Waals surface area contributed by atoms with Crippen molar-refractivity contribution in [1.82, 2.24) is 0 Å². The molecule has 0 bridgehead atoms. The Morgan fingerprint density at radius 1 is 1.08 bits per heavy atom. The molecule has 1 aromatic carbocycles. The molecule has 122 valence electrons. The first-order valence-electron chi connectivity index (χ1n) is 6.74. The molecule has 2 N–H and O–H groups in total. The van der Waals surface area contributed by atoms with Crippen LogP contribution in [0.1, 0.15) is 20.2 Å². The third-order valence-electron chi connectivity index (χ3n) is 2.99. The molecule has 24 heavy (non-hydrogen) atoms. The van der Waals surface area contributed by atoms with Gasteiger partial charge in [-0.3, -0.25) is 9.59 Å². The maximum atomic E-state index is 13.7. The van der Waals surface area contributed by atoms with E-state index in [9.17, 15) is 14.0 Å². The molecule has 0 aliphatic heterocycles. The van der Waals surface area contributed by atoms with Crippen molar-refractivity contribution >= 4 is 45.4 Å². The number of halogens is 2. The second-order valence-electron chi connectivity index (χ2n) is 4.67. The maximum absolute atomic E-state index is 13.7. The normalized spacial score (nSPS) is 10.4. The highest BCUT2D eigenvalue weighted by Crippen LogP contribution is 2.25. The second kappa shape index (κ2) is 6.86. The highest BCUT2D eigenvalue weighted by atomic mass is 35.5. The Morgan fingerprint density at radius 3 is 2.62 bits per heavy atom. The molecular formula is C16H10ClFN2O3S. The lowest BCUT2D eigenvalue weighted by molar-refractivity contribution is 0.0995. The van der Waals surface area contributed by atoms with Gasteiger partial charge in [0.05, 0.1) is 21.8 Å². The lowest BCUT2D eigenvalue weighted by Gasteiger charge is -2.05. The molecule has 8 heteroatoms. The summed E-state index contributed by atoms with van der Waals surface area (Å²) in [6.07, 6.45) is 1.39. The molecule has 0 aliphatic carbocycles. The van der Waals surface area contributed by atoms with Gasteiger partial charge in [-0.2, -0.15) is 0 Å². The number of hydrogen-bond acceptors (Lipinski definition) is 4. The summed E-state index contributed by atoms with van der Waals surface area (Å²) >= 11 is 6.73. The van der Waals surface area contributed by atoms with Gasteiger partial charge < -0.3 is 15.1 Å². The summed E-state index contributed by atoms with van der Waals surface area (Å²) in [5.41, 5.74) is 0.0268. The van der Waals surface area contributed by atoms with Crippen molar-refractivity contribution in [2.24, 2.45) is 0 Å². The van der Waals surface area contributed by atoms with Gasteiger partial charge in [0, 0.05) is 5.02 Å². The van der Waals surface area contributed by atoms with Crippen molar-refractivity contribution in [2.45, 2.75) is 0 Å². The third kappa shape index (κ3) is 3.64. The van der Waals surface area contributed by atoms with E-state index < -0.39 is 17.6 Å². The summed E-state index contributed by atoms with van der Waals surface area (Å²) in [4.78, 5) is 24.3. The van der Waals surface area contributed by atoms with Crippen LogP contribution in [-0.4, -0.2) is 11.8 Å². The topological polar surface area (TPSA) is 71.3 Å². The Bertz CT molecular complexity index is 893. The molecule has 0 saturated carbocycles. The molecule has 0 spiro atoms. The van der Waals surface area contributed by atoms with Gasteiger partial charge in [0.2, 0.25) is 0 Å². The number of hydrogen-bond donors (Lipinski definition) is 2. The molecule has 3 rings (SSSR count). The van der Waals surface area contributed by atoms with Crippen molar-refractivity contribution in [3.8, 4) is 0 Å². The SMILES string of the molecule is O=C(Nc1ccc(C(=O)Nc2ccc(Cl)cc2F)s1)c1ccco1. The average molecular weight is 365 g/mol. The fourth-order valence-corrected chi connectivity index (χ4v) is 2.84. The third-order valence-corrected chi connectivity index (χ3v) is 4.23. The number of furan rings is 1. The van der Waals surface area contributed by atoms with Gasteiger partial charge in [-0.1, -0.05) is 11.6 Å². The molecule has 0 radical (unpaired) electrons. The van der Waals surface area contributed by atoms with Gasteiger partial charge in [0.1, 0.15) is 5.82 Å². The van der Waals surface area contributed by atoms with Crippen molar-refractivity contribution < 1.29 is 18.4 Å². The molecule has 0 atom stereocenters. The lowest BCUT2D eigenvalue weighted by Crippen LogP contribution is -2.11. The van der Waals surface area contributed by atoms with Crippen molar-refractivity contribution in [2.75, 3.05) is 10.6 Å². The monoisotopic (exact) mass is 364 g/mol. The summed E-state index contributed by atoms with van der Waals surface area (Å²) < 4.78 is 18.7. The van der Waals surface area contributed by atoms with E-state index in [1.807, 2.05) is 0 Å². The Labute approximate surface area is 145 Å². The van der Waals surface area contributed by atoms with E-state index in [0.29, 0.717) is 9.88 Å². The summed E-state index contributed by atoms with van der Waals surface area (Å²) in [7, 11) is 0. The van der Waals surface area contributed by atoms with Crippen LogP contribution in [0.25, 0.3) is 0 Å². The van der Waals surface area contributed by atoms with Crippen LogP contribution in [0, 0.1) is 5.82 Å². The van der Waals surface area contributed by atoms with Crippen LogP contribution >= 0.6 is 22.9 Å². The van der Waals surface area contributed by atoms with E-state index in [-0.39, 0.29) is 16.5 Å². The van der Waals surface area contributed by atoms with Gasteiger partial charge in [-0.25, -0.2) is 4.39 Å². The van der Waals surface area contributed by atoms with Crippen LogP contribution in [0.3, 0.4) is 0 Å². The molecule has 0 saturated heterocycles. The fourth-order valence-electron chi connectivity index (χ4n) is 1.88. The zero-order valence-electron chi connectivity index (χ0n) is 12.0. The molecule has 2 heterocycles. The average Bonchev–Trinajstić information content (AvgIpc) is 3.21. The minimum absolute atomic E-state index is 0.0268. The van der Waals surface area contributed by atoms with Crippen LogP contribution in [0.4, 0.5) is 15.1 Å². The number of benzene rings is 1. The van der Waals surface area contributed by atoms with Crippen LogP contribution in [0.2, 0.25) is 5.02 Å². The number of rotatable bonds is 4. The quantitative estimate of drug-likeness (QED) is 0.708. The van der Waals surface area contributed by atoms with E-state index in [4.69, 9.17) is 16.0 Å². The highest BCUT2D eigenvalue weighted by molar-refractivity contribution is 7.18. The van der Waals surface area contributed by atoms with Crippen molar-refractivity contribution in [3.63, 3.8) is 0 Å². The highest BCUT2D eigenvalue weighted by Gasteiger charge is 2.14. The molecule has 0 aliphatic rings. The first kappa shape index (κ1) is 16.2.